The molecular formula is C21H18N2S2. The van der Waals surface area contributed by atoms with Crippen LogP contribution in [0.5, 0.6) is 0 Å². The first-order valence-corrected chi connectivity index (χ1v) is 10.3. The molecule has 0 spiro atoms. The van der Waals surface area contributed by atoms with Gasteiger partial charge in [-0.25, -0.2) is 4.98 Å². The Labute approximate surface area is 155 Å². The molecule has 0 saturated carbocycles. The summed E-state index contributed by atoms with van der Waals surface area (Å²) in [6, 6.07) is 19.2. The summed E-state index contributed by atoms with van der Waals surface area (Å²) < 4.78 is 1.28. The van der Waals surface area contributed by atoms with E-state index in [9.17, 15) is 0 Å². The number of fused-ring (bicyclic) bond motifs is 2. The highest BCUT2D eigenvalue weighted by atomic mass is 32.1. The van der Waals surface area contributed by atoms with Crippen LogP contribution in [0.25, 0.3) is 20.8 Å². The van der Waals surface area contributed by atoms with Crippen molar-refractivity contribution in [2.45, 2.75) is 19.5 Å². The highest BCUT2D eigenvalue weighted by Gasteiger charge is 2.23. The second-order valence-electron chi connectivity index (χ2n) is 6.48. The van der Waals surface area contributed by atoms with Crippen LogP contribution in [0.4, 0.5) is 0 Å². The van der Waals surface area contributed by atoms with Crippen LogP contribution in [-0.4, -0.2) is 16.4 Å². The maximum Gasteiger partial charge on any atom is 0.125 e. The molecular weight excluding hydrogens is 344 g/mol. The number of thiazole rings is 1. The second-order valence-corrected chi connectivity index (χ2v) is 8.48. The minimum atomic E-state index is 1.04. The smallest absolute Gasteiger partial charge is 0.125 e. The first-order valence-electron chi connectivity index (χ1n) is 8.58. The van der Waals surface area contributed by atoms with Crippen LogP contribution < -0.4 is 0 Å². The Morgan fingerprint density at radius 3 is 2.72 bits per heavy atom. The minimum absolute atomic E-state index is 1.04. The molecule has 0 unspecified atom stereocenters. The van der Waals surface area contributed by atoms with Gasteiger partial charge < -0.3 is 0 Å². The zero-order valence-electron chi connectivity index (χ0n) is 13.8. The number of nitrogens with zero attached hydrogens (tertiary/aromatic N) is 2. The van der Waals surface area contributed by atoms with E-state index >= 15 is 0 Å². The van der Waals surface area contributed by atoms with Gasteiger partial charge >= 0.3 is 0 Å². The van der Waals surface area contributed by atoms with Crippen LogP contribution in [0.1, 0.15) is 16.0 Å². The highest BCUT2D eigenvalue weighted by molar-refractivity contribution is 7.22. The topological polar surface area (TPSA) is 16.1 Å². The average Bonchev–Trinajstić information content (AvgIpc) is 3.25. The number of rotatable bonds is 3. The number of aromatic nitrogens is 1. The Bertz CT molecular complexity index is 984. The summed E-state index contributed by atoms with van der Waals surface area (Å²) in [5, 5.41) is 3.49. The summed E-state index contributed by atoms with van der Waals surface area (Å²) in [6.45, 7) is 3.21. The number of hydrogen-bond donors (Lipinski definition) is 0. The van der Waals surface area contributed by atoms with Crippen LogP contribution >= 0.6 is 22.7 Å². The summed E-state index contributed by atoms with van der Waals surface area (Å²) in [4.78, 5) is 8.92. The lowest BCUT2D eigenvalue weighted by molar-refractivity contribution is 0.249. The Hall–Kier alpha value is -2.01. The van der Waals surface area contributed by atoms with E-state index in [1.165, 1.54) is 31.3 Å². The molecule has 4 heteroatoms. The van der Waals surface area contributed by atoms with Gasteiger partial charge in [-0.15, -0.1) is 22.7 Å². The van der Waals surface area contributed by atoms with Gasteiger partial charge in [0.05, 0.1) is 10.2 Å². The van der Waals surface area contributed by atoms with Gasteiger partial charge in [-0.2, -0.15) is 0 Å². The van der Waals surface area contributed by atoms with E-state index in [4.69, 9.17) is 4.98 Å². The molecule has 5 rings (SSSR count). The molecule has 0 bridgehead atoms. The van der Waals surface area contributed by atoms with E-state index < -0.39 is 0 Å². The van der Waals surface area contributed by atoms with Crippen molar-refractivity contribution in [3.05, 3.63) is 76.0 Å². The molecule has 0 atom stereocenters. The fraction of sp³-hybridized carbons (Fsp3) is 0.190. The van der Waals surface area contributed by atoms with Gasteiger partial charge in [-0.05, 0) is 29.7 Å². The quantitative estimate of drug-likeness (QED) is 0.473. The third-order valence-corrected chi connectivity index (χ3v) is 6.88. The van der Waals surface area contributed by atoms with Crippen LogP contribution in [0.15, 0.2) is 60.0 Å². The predicted molar refractivity (Wildman–Crippen MR) is 107 cm³/mol. The fourth-order valence-electron chi connectivity index (χ4n) is 3.52. The van der Waals surface area contributed by atoms with E-state index in [0.29, 0.717) is 0 Å². The Kier molecular flexibility index (Phi) is 3.89. The number of para-hydroxylation sites is 1. The summed E-state index contributed by atoms with van der Waals surface area (Å²) in [6.07, 6.45) is 1.12. The van der Waals surface area contributed by atoms with Gasteiger partial charge in [-0.3, -0.25) is 4.90 Å². The standard InChI is InChI=1S/C21H18N2S2/c1-2-6-15(7-3-1)12-23-11-10-16-17(14-24-20(16)13-23)21-22-18-8-4-5-9-19(18)25-21/h1-9,14H,10-13H2. The lowest BCUT2D eigenvalue weighted by Gasteiger charge is -2.27. The third kappa shape index (κ3) is 2.91. The minimum Gasteiger partial charge on any atom is -0.294 e. The molecule has 2 aromatic heterocycles. The van der Waals surface area contributed by atoms with Gasteiger partial charge in [0.2, 0.25) is 0 Å². The Morgan fingerprint density at radius 1 is 1.00 bits per heavy atom. The van der Waals surface area contributed by atoms with E-state index in [2.05, 4.69) is 64.9 Å². The normalized spacial score (nSPS) is 14.7. The first kappa shape index (κ1) is 15.3. The summed E-state index contributed by atoms with van der Waals surface area (Å²) in [5.74, 6) is 0. The average molecular weight is 363 g/mol. The molecule has 124 valence electrons. The van der Waals surface area contributed by atoms with Crippen LogP contribution in [0.2, 0.25) is 0 Å². The van der Waals surface area contributed by atoms with Crippen molar-refractivity contribution >= 4 is 32.9 Å². The molecule has 0 aliphatic carbocycles. The fourth-order valence-corrected chi connectivity index (χ4v) is 5.73. The third-order valence-electron chi connectivity index (χ3n) is 4.80. The summed E-state index contributed by atoms with van der Waals surface area (Å²) >= 11 is 3.71. The van der Waals surface area contributed by atoms with Crippen LogP contribution in [0.3, 0.4) is 0 Å². The molecule has 1 aliphatic rings. The molecule has 0 N–H and O–H groups in total. The zero-order chi connectivity index (χ0) is 16.6. The second kappa shape index (κ2) is 6.37. The van der Waals surface area contributed by atoms with Gasteiger partial charge in [-0.1, -0.05) is 42.5 Å². The van der Waals surface area contributed by atoms with E-state index in [1.54, 1.807) is 0 Å². The number of benzene rings is 2. The van der Waals surface area contributed by atoms with Crippen molar-refractivity contribution in [2.24, 2.45) is 0 Å². The molecule has 0 fully saturated rings. The number of hydrogen-bond acceptors (Lipinski definition) is 4. The van der Waals surface area contributed by atoms with Crippen molar-refractivity contribution in [2.75, 3.05) is 6.54 Å². The molecule has 4 aromatic rings. The Balaban J connectivity index is 1.41. The molecule has 0 radical (unpaired) electrons. The van der Waals surface area contributed by atoms with Gasteiger partial charge in [0.1, 0.15) is 5.01 Å². The summed E-state index contributed by atoms with van der Waals surface area (Å²) in [5.41, 5.74) is 5.40. The van der Waals surface area contributed by atoms with E-state index in [-0.39, 0.29) is 0 Å². The summed E-state index contributed by atoms with van der Waals surface area (Å²) in [7, 11) is 0. The molecule has 0 amide bonds. The maximum atomic E-state index is 4.86. The van der Waals surface area contributed by atoms with Gasteiger partial charge in [0, 0.05) is 35.5 Å². The molecule has 1 aliphatic heterocycles. The Morgan fingerprint density at radius 2 is 1.84 bits per heavy atom. The van der Waals surface area contributed by atoms with Crippen LogP contribution in [-0.2, 0) is 19.5 Å². The monoisotopic (exact) mass is 362 g/mol. The van der Waals surface area contributed by atoms with Crippen molar-refractivity contribution in [1.29, 1.82) is 0 Å². The van der Waals surface area contributed by atoms with E-state index in [0.717, 1.165) is 31.6 Å². The van der Waals surface area contributed by atoms with Crippen molar-refractivity contribution in [3.63, 3.8) is 0 Å². The zero-order valence-corrected chi connectivity index (χ0v) is 15.4. The molecule has 2 nitrogen and oxygen atoms in total. The van der Waals surface area contributed by atoms with Crippen LogP contribution in [0, 0.1) is 0 Å². The lowest BCUT2D eigenvalue weighted by atomic mass is 10.0. The van der Waals surface area contributed by atoms with Crippen molar-refractivity contribution < 1.29 is 0 Å². The maximum absolute atomic E-state index is 4.86. The van der Waals surface area contributed by atoms with Crippen molar-refractivity contribution in [3.8, 4) is 10.6 Å². The molecule has 25 heavy (non-hydrogen) atoms. The van der Waals surface area contributed by atoms with Gasteiger partial charge in [0.15, 0.2) is 0 Å². The van der Waals surface area contributed by atoms with Crippen molar-refractivity contribution in [1.82, 2.24) is 9.88 Å². The lowest BCUT2D eigenvalue weighted by Crippen LogP contribution is -2.29. The van der Waals surface area contributed by atoms with E-state index in [1.807, 2.05) is 22.7 Å². The predicted octanol–water partition coefficient (Wildman–Crippen LogP) is 5.58. The first-order chi connectivity index (χ1) is 12.4. The number of thiophene rings is 1. The SMILES string of the molecule is c1ccc(CN2CCc3c(-c4nc5ccccc5s4)csc3C2)cc1. The largest absolute Gasteiger partial charge is 0.294 e. The highest BCUT2D eigenvalue weighted by Crippen LogP contribution is 2.38. The molecule has 2 aromatic carbocycles. The van der Waals surface area contributed by atoms with Gasteiger partial charge in [0.25, 0.3) is 0 Å². The molecule has 0 saturated heterocycles. The molecule has 3 heterocycles.